The van der Waals surface area contributed by atoms with E-state index in [1.807, 2.05) is 42.5 Å². The summed E-state index contributed by atoms with van der Waals surface area (Å²) in [5.74, 6) is 2.09. The van der Waals surface area contributed by atoms with Crippen molar-refractivity contribution in [1.82, 2.24) is 5.32 Å². The predicted molar refractivity (Wildman–Crippen MR) is 108 cm³/mol. The summed E-state index contributed by atoms with van der Waals surface area (Å²) in [6, 6.07) is 13.3. The van der Waals surface area contributed by atoms with E-state index in [4.69, 9.17) is 9.47 Å². The van der Waals surface area contributed by atoms with Crippen LogP contribution in [0.2, 0.25) is 0 Å². The molecule has 1 unspecified atom stereocenters. The summed E-state index contributed by atoms with van der Waals surface area (Å²) in [6.45, 7) is 5.34. The van der Waals surface area contributed by atoms with Crippen molar-refractivity contribution in [2.45, 2.75) is 33.1 Å². The zero-order chi connectivity index (χ0) is 19.4. The SMILES string of the molecule is COc1ccc(OC)c(-c2ccc(C(=O)NCC3CCCC3(C)C)cc2)c1. The normalized spacial score (nSPS) is 18.1. The van der Waals surface area contributed by atoms with Gasteiger partial charge in [-0.3, -0.25) is 4.79 Å². The van der Waals surface area contributed by atoms with E-state index in [1.54, 1.807) is 14.2 Å². The Kier molecular flexibility index (Phi) is 5.73. The van der Waals surface area contributed by atoms with Crippen molar-refractivity contribution < 1.29 is 14.3 Å². The lowest BCUT2D eigenvalue weighted by atomic mass is 9.82. The summed E-state index contributed by atoms with van der Waals surface area (Å²) in [7, 11) is 3.29. The molecule has 2 aromatic carbocycles. The van der Waals surface area contributed by atoms with Crippen molar-refractivity contribution >= 4 is 5.91 Å². The lowest BCUT2D eigenvalue weighted by Gasteiger charge is -2.27. The summed E-state index contributed by atoms with van der Waals surface area (Å²) < 4.78 is 10.8. The zero-order valence-corrected chi connectivity index (χ0v) is 16.7. The minimum atomic E-state index is -0.0122. The number of rotatable bonds is 6. The van der Waals surface area contributed by atoms with Gasteiger partial charge in [0.05, 0.1) is 14.2 Å². The number of carbonyl (C=O) groups is 1. The molecule has 3 rings (SSSR count). The molecule has 1 aliphatic carbocycles. The highest BCUT2D eigenvalue weighted by atomic mass is 16.5. The highest BCUT2D eigenvalue weighted by Crippen LogP contribution is 2.42. The van der Waals surface area contributed by atoms with Crippen LogP contribution in [0.5, 0.6) is 11.5 Å². The maximum absolute atomic E-state index is 12.5. The number of hydrogen-bond donors (Lipinski definition) is 1. The van der Waals surface area contributed by atoms with Crippen LogP contribution in [0, 0.1) is 11.3 Å². The lowest BCUT2D eigenvalue weighted by molar-refractivity contribution is 0.0937. The van der Waals surface area contributed by atoms with Gasteiger partial charge < -0.3 is 14.8 Å². The number of amides is 1. The Hall–Kier alpha value is -2.49. The summed E-state index contributed by atoms with van der Waals surface area (Å²) >= 11 is 0. The standard InChI is InChI=1S/C23H29NO3/c1-23(2)13-5-6-18(23)15-24-22(25)17-9-7-16(8-10-17)20-14-19(26-3)11-12-21(20)27-4/h7-12,14,18H,5-6,13,15H2,1-4H3,(H,24,25). The molecule has 2 aromatic rings. The molecule has 1 saturated carbocycles. The number of hydrogen-bond acceptors (Lipinski definition) is 3. The van der Waals surface area contributed by atoms with Crippen LogP contribution in [-0.4, -0.2) is 26.7 Å². The van der Waals surface area contributed by atoms with E-state index in [-0.39, 0.29) is 5.91 Å². The Morgan fingerprint density at radius 3 is 2.44 bits per heavy atom. The van der Waals surface area contributed by atoms with Crippen LogP contribution in [0.15, 0.2) is 42.5 Å². The number of methoxy groups -OCH3 is 2. The number of benzene rings is 2. The van der Waals surface area contributed by atoms with Crippen molar-refractivity contribution in [3.8, 4) is 22.6 Å². The summed E-state index contributed by atoms with van der Waals surface area (Å²) in [4.78, 5) is 12.5. The van der Waals surface area contributed by atoms with E-state index in [1.165, 1.54) is 19.3 Å². The molecule has 4 nitrogen and oxygen atoms in total. The molecule has 0 bridgehead atoms. The number of nitrogens with one attached hydrogen (secondary N) is 1. The number of ether oxygens (including phenoxy) is 2. The fourth-order valence-electron chi connectivity index (χ4n) is 3.94. The van der Waals surface area contributed by atoms with Crippen LogP contribution >= 0.6 is 0 Å². The second-order valence-electron chi connectivity index (χ2n) is 7.93. The molecular weight excluding hydrogens is 338 g/mol. The van der Waals surface area contributed by atoms with Crippen LogP contribution in [0.4, 0.5) is 0 Å². The molecule has 27 heavy (non-hydrogen) atoms. The fraction of sp³-hybridized carbons (Fsp3) is 0.435. The van der Waals surface area contributed by atoms with Gasteiger partial charge in [0.1, 0.15) is 11.5 Å². The predicted octanol–water partition coefficient (Wildman–Crippen LogP) is 4.93. The van der Waals surface area contributed by atoms with E-state index < -0.39 is 0 Å². The Bertz CT molecular complexity index is 796. The van der Waals surface area contributed by atoms with Gasteiger partial charge in [-0.15, -0.1) is 0 Å². The van der Waals surface area contributed by atoms with E-state index in [0.29, 0.717) is 16.9 Å². The first kappa shape index (κ1) is 19.3. The molecule has 0 spiro atoms. The third kappa shape index (κ3) is 4.26. The highest BCUT2D eigenvalue weighted by molar-refractivity contribution is 5.94. The minimum Gasteiger partial charge on any atom is -0.497 e. The molecule has 1 aliphatic rings. The van der Waals surface area contributed by atoms with E-state index >= 15 is 0 Å². The first-order valence-electron chi connectivity index (χ1n) is 9.55. The molecule has 0 radical (unpaired) electrons. The Balaban J connectivity index is 1.71. The molecule has 1 amide bonds. The Morgan fingerprint density at radius 2 is 1.85 bits per heavy atom. The average molecular weight is 367 g/mol. The third-order valence-electron chi connectivity index (χ3n) is 5.85. The quantitative estimate of drug-likeness (QED) is 0.788. The van der Waals surface area contributed by atoms with Gasteiger partial charge in [-0.2, -0.15) is 0 Å². The second-order valence-corrected chi connectivity index (χ2v) is 7.93. The zero-order valence-electron chi connectivity index (χ0n) is 16.7. The van der Waals surface area contributed by atoms with Gasteiger partial charge in [0.25, 0.3) is 5.91 Å². The molecule has 1 fully saturated rings. The topological polar surface area (TPSA) is 47.6 Å². The van der Waals surface area contributed by atoms with Crippen LogP contribution in [0.25, 0.3) is 11.1 Å². The van der Waals surface area contributed by atoms with Crippen LogP contribution in [0.1, 0.15) is 43.5 Å². The molecule has 1 N–H and O–H groups in total. The second kappa shape index (κ2) is 8.03. The maximum atomic E-state index is 12.5. The van der Waals surface area contributed by atoms with Gasteiger partial charge in [0.2, 0.25) is 0 Å². The largest absolute Gasteiger partial charge is 0.497 e. The minimum absolute atomic E-state index is 0.0122. The molecule has 1 atom stereocenters. The van der Waals surface area contributed by atoms with Gasteiger partial charge in [-0.25, -0.2) is 0 Å². The highest BCUT2D eigenvalue weighted by Gasteiger charge is 2.34. The summed E-state index contributed by atoms with van der Waals surface area (Å²) in [5.41, 5.74) is 2.92. The van der Waals surface area contributed by atoms with Gasteiger partial charge in [0, 0.05) is 17.7 Å². The molecular formula is C23H29NO3. The van der Waals surface area contributed by atoms with Crippen LogP contribution in [-0.2, 0) is 0 Å². The Morgan fingerprint density at radius 1 is 1.11 bits per heavy atom. The molecule has 0 aliphatic heterocycles. The van der Waals surface area contributed by atoms with Gasteiger partial charge in [-0.05, 0) is 60.1 Å². The lowest BCUT2D eigenvalue weighted by Crippen LogP contribution is -2.33. The first-order valence-corrected chi connectivity index (χ1v) is 9.55. The van der Waals surface area contributed by atoms with Crippen molar-refractivity contribution in [3.63, 3.8) is 0 Å². The van der Waals surface area contributed by atoms with Crippen molar-refractivity contribution in [1.29, 1.82) is 0 Å². The van der Waals surface area contributed by atoms with Crippen molar-refractivity contribution in [2.24, 2.45) is 11.3 Å². The van der Waals surface area contributed by atoms with Crippen LogP contribution in [0.3, 0.4) is 0 Å². The van der Waals surface area contributed by atoms with Gasteiger partial charge >= 0.3 is 0 Å². The molecule has 144 valence electrons. The van der Waals surface area contributed by atoms with Crippen LogP contribution < -0.4 is 14.8 Å². The van der Waals surface area contributed by atoms with Crippen molar-refractivity contribution in [2.75, 3.05) is 20.8 Å². The third-order valence-corrected chi connectivity index (χ3v) is 5.85. The maximum Gasteiger partial charge on any atom is 0.251 e. The monoisotopic (exact) mass is 367 g/mol. The van der Waals surface area contributed by atoms with Gasteiger partial charge in [0.15, 0.2) is 0 Å². The number of carbonyl (C=O) groups excluding carboxylic acids is 1. The van der Waals surface area contributed by atoms with E-state index in [0.717, 1.165) is 29.2 Å². The summed E-state index contributed by atoms with van der Waals surface area (Å²) in [6.07, 6.45) is 3.69. The Labute approximate surface area is 161 Å². The average Bonchev–Trinajstić information content (AvgIpc) is 3.03. The van der Waals surface area contributed by atoms with E-state index in [2.05, 4.69) is 19.2 Å². The molecule has 4 heteroatoms. The van der Waals surface area contributed by atoms with Crippen molar-refractivity contribution in [3.05, 3.63) is 48.0 Å². The van der Waals surface area contributed by atoms with Gasteiger partial charge in [-0.1, -0.05) is 32.4 Å². The smallest absolute Gasteiger partial charge is 0.251 e. The molecule has 0 aromatic heterocycles. The summed E-state index contributed by atoms with van der Waals surface area (Å²) in [5, 5.41) is 3.11. The fourth-order valence-corrected chi connectivity index (χ4v) is 3.94. The van der Waals surface area contributed by atoms with E-state index in [9.17, 15) is 4.79 Å². The first-order chi connectivity index (χ1) is 12.9. The molecule has 0 heterocycles. The molecule has 0 saturated heterocycles.